The number of nitrogens with zero attached hydrogens (tertiary/aromatic N) is 1. The minimum absolute atomic E-state index is 0.273. The molecule has 7 heteroatoms. The monoisotopic (exact) mass is 381 g/mol. The molecule has 1 aromatic heterocycles. The van der Waals surface area contributed by atoms with Crippen LogP contribution >= 0.6 is 27.3 Å². The van der Waals surface area contributed by atoms with Crippen LogP contribution in [0.15, 0.2) is 39.1 Å². The highest BCUT2D eigenvalue weighted by atomic mass is 79.9. The maximum atomic E-state index is 5.43. The minimum atomic E-state index is 0.273. The van der Waals surface area contributed by atoms with E-state index in [2.05, 4.69) is 43.0 Å². The zero-order valence-corrected chi connectivity index (χ0v) is 14.5. The zero-order valence-electron chi connectivity index (χ0n) is 12.1. The first-order chi connectivity index (χ1) is 10.8. The van der Waals surface area contributed by atoms with Crippen LogP contribution < -0.4 is 20.1 Å². The van der Waals surface area contributed by atoms with Gasteiger partial charge < -0.3 is 20.1 Å². The number of benzene rings is 1. The Kier molecular flexibility index (Phi) is 4.84. The summed E-state index contributed by atoms with van der Waals surface area (Å²) in [5, 5.41) is 8.65. The van der Waals surface area contributed by atoms with E-state index in [4.69, 9.17) is 9.47 Å². The largest absolute Gasteiger partial charge is 0.454 e. The van der Waals surface area contributed by atoms with Crippen LogP contribution in [0, 0.1) is 0 Å². The molecule has 116 valence electrons. The maximum absolute atomic E-state index is 5.43. The van der Waals surface area contributed by atoms with E-state index in [9.17, 15) is 0 Å². The standard InChI is InChI=1S/C15H16BrN3O2S/c1-17-15(19-8-11-3-2-4-22-11)18-7-10-5-12(16)14-13(6-10)20-9-21-14/h2-6H,7-9H2,1H3,(H2,17,18,19). The summed E-state index contributed by atoms with van der Waals surface area (Å²) in [6.45, 7) is 1.69. The smallest absolute Gasteiger partial charge is 0.231 e. The molecule has 0 saturated carbocycles. The van der Waals surface area contributed by atoms with Crippen molar-refractivity contribution in [3.05, 3.63) is 44.6 Å². The number of guanidine groups is 1. The predicted octanol–water partition coefficient (Wildman–Crippen LogP) is 3.10. The summed E-state index contributed by atoms with van der Waals surface area (Å²) in [5.74, 6) is 2.30. The topological polar surface area (TPSA) is 54.9 Å². The van der Waals surface area contributed by atoms with Crippen LogP contribution in [-0.2, 0) is 13.1 Å². The number of halogens is 1. The molecule has 0 fully saturated rings. The van der Waals surface area contributed by atoms with Crippen molar-refractivity contribution in [1.29, 1.82) is 0 Å². The van der Waals surface area contributed by atoms with Crippen LogP contribution in [0.1, 0.15) is 10.4 Å². The Bertz CT molecular complexity index is 674. The van der Waals surface area contributed by atoms with Crippen LogP contribution in [0.25, 0.3) is 0 Å². The van der Waals surface area contributed by atoms with Gasteiger partial charge in [-0.3, -0.25) is 4.99 Å². The van der Waals surface area contributed by atoms with Crippen molar-refractivity contribution in [2.75, 3.05) is 13.8 Å². The Morgan fingerprint density at radius 1 is 1.32 bits per heavy atom. The van der Waals surface area contributed by atoms with Crippen LogP contribution in [-0.4, -0.2) is 19.8 Å². The summed E-state index contributed by atoms with van der Waals surface area (Å²) in [7, 11) is 1.76. The number of fused-ring (bicyclic) bond motifs is 1. The Morgan fingerprint density at radius 3 is 2.95 bits per heavy atom. The molecule has 2 heterocycles. The maximum Gasteiger partial charge on any atom is 0.231 e. The third-order valence-corrected chi connectivity index (χ3v) is 4.65. The molecule has 1 aliphatic heterocycles. The van der Waals surface area contributed by atoms with Gasteiger partial charge in [0, 0.05) is 18.5 Å². The lowest BCUT2D eigenvalue weighted by molar-refractivity contribution is 0.173. The lowest BCUT2D eigenvalue weighted by Gasteiger charge is -2.12. The van der Waals surface area contributed by atoms with E-state index in [1.807, 2.05) is 18.2 Å². The molecule has 5 nitrogen and oxygen atoms in total. The van der Waals surface area contributed by atoms with E-state index in [-0.39, 0.29) is 6.79 Å². The molecule has 3 rings (SSSR count). The Labute approximate surface area is 141 Å². The first-order valence-corrected chi connectivity index (χ1v) is 8.48. The van der Waals surface area contributed by atoms with Crippen molar-refractivity contribution < 1.29 is 9.47 Å². The summed E-state index contributed by atoms with van der Waals surface area (Å²) in [5.41, 5.74) is 1.09. The van der Waals surface area contributed by atoms with Crippen molar-refractivity contribution in [2.24, 2.45) is 4.99 Å². The SMILES string of the molecule is CN=C(NCc1cc(Br)c2c(c1)OCO2)NCc1cccs1. The lowest BCUT2D eigenvalue weighted by atomic mass is 10.2. The van der Waals surface area contributed by atoms with Crippen LogP contribution in [0.3, 0.4) is 0 Å². The van der Waals surface area contributed by atoms with Gasteiger partial charge in [0.05, 0.1) is 11.0 Å². The van der Waals surface area contributed by atoms with Crippen molar-refractivity contribution >= 4 is 33.2 Å². The van der Waals surface area contributed by atoms with Gasteiger partial charge in [-0.05, 0) is 45.1 Å². The summed E-state index contributed by atoms with van der Waals surface area (Å²) in [4.78, 5) is 5.50. The number of ether oxygens (including phenoxy) is 2. The Hall–Kier alpha value is -1.73. The fourth-order valence-corrected chi connectivity index (χ4v) is 3.36. The molecular formula is C15H16BrN3O2S. The molecular weight excluding hydrogens is 366 g/mol. The molecule has 0 bridgehead atoms. The van der Waals surface area contributed by atoms with E-state index >= 15 is 0 Å². The fraction of sp³-hybridized carbons (Fsp3) is 0.267. The Balaban J connectivity index is 1.58. The second kappa shape index (κ2) is 7.02. The summed E-state index contributed by atoms with van der Waals surface area (Å²) in [6, 6.07) is 8.14. The molecule has 0 unspecified atom stereocenters. The van der Waals surface area contributed by atoms with E-state index < -0.39 is 0 Å². The van der Waals surface area contributed by atoms with Crippen molar-refractivity contribution in [3.8, 4) is 11.5 Å². The van der Waals surface area contributed by atoms with Crippen molar-refractivity contribution in [2.45, 2.75) is 13.1 Å². The average molecular weight is 382 g/mol. The first kappa shape index (κ1) is 15.2. The predicted molar refractivity (Wildman–Crippen MR) is 91.6 cm³/mol. The fourth-order valence-electron chi connectivity index (χ4n) is 2.11. The van der Waals surface area contributed by atoms with Crippen LogP contribution in [0.5, 0.6) is 11.5 Å². The molecule has 0 radical (unpaired) electrons. The molecule has 2 N–H and O–H groups in total. The van der Waals surface area contributed by atoms with E-state index in [0.29, 0.717) is 6.54 Å². The van der Waals surface area contributed by atoms with Gasteiger partial charge in [-0.2, -0.15) is 0 Å². The first-order valence-electron chi connectivity index (χ1n) is 6.81. The van der Waals surface area contributed by atoms with Gasteiger partial charge in [-0.15, -0.1) is 11.3 Å². The number of hydrogen-bond donors (Lipinski definition) is 2. The minimum Gasteiger partial charge on any atom is -0.454 e. The molecule has 22 heavy (non-hydrogen) atoms. The van der Waals surface area contributed by atoms with E-state index in [1.54, 1.807) is 18.4 Å². The van der Waals surface area contributed by atoms with Gasteiger partial charge >= 0.3 is 0 Å². The zero-order chi connectivity index (χ0) is 15.4. The number of hydrogen-bond acceptors (Lipinski definition) is 4. The summed E-state index contributed by atoms with van der Waals surface area (Å²) in [6.07, 6.45) is 0. The van der Waals surface area contributed by atoms with Gasteiger partial charge in [0.1, 0.15) is 0 Å². The molecule has 1 aliphatic rings. The molecule has 1 aromatic carbocycles. The second-order valence-electron chi connectivity index (χ2n) is 4.67. The summed E-state index contributed by atoms with van der Waals surface area (Å²) >= 11 is 5.23. The molecule has 2 aromatic rings. The van der Waals surface area contributed by atoms with Crippen molar-refractivity contribution in [3.63, 3.8) is 0 Å². The normalized spacial score (nSPS) is 13.3. The van der Waals surface area contributed by atoms with E-state index in [1.165, 1.54) is 4.88 Å². The van der Waals surface area contributed by atoms with Gasteiger partial charge in [-0.25, -0.2) is 0 Å². The number of thiophene rings is 1. The Morgan fingerprint density at radius 2 is 2.18 bits per heavy atom. The number of nitrogens with one attached hydrogen (secondary N) is 2. The molecule has 0 amide bonds. The van der Waals surface area contributed by atoms with Crippen molar-refractivity contribution in [1.82, 2.24) is 10.6 Å². The highest BCUT2D eigenvalue weighted by Gasteiger charge is 2.17. The highest BCUT2D eigenvalue weighted by molar-refractivity contribution is 9.10. The highest BCUT2D eigenvalue weighted by Crippen LogP contribution is 2.39. The summed E-state index contributed by atoms with van der Waals surface area (Å²) < 4.78 is 11.7. The molecule has 0 spiro atoms. The lowest BCUT2D eigenvalue weighted by Crippen LogP contribution is -2.36. The third kappa shape index (κ3) is 3.53. The molecule has 0 aliphatic carbocycles. The number of rotatable bonds is 4. The number of aliphatic imine (C=N–C) groups is 1. The van der Waals surface area contributed by atoms with Gasteiger partial charge in [0.2, 0.25) is 6.79 Å². The third-order valence-electron chi connectivity index (χ3n) is 3.18. The molecule has 0 atom stereocenters. The van der Waals surface area contributed by atoms with Gasteiger partial charge in [0.15, 0.2) is 17.5 Å². The average Bonchev–Trinajstić information content (AvgIpc) is 3.18. The van der Waals surface area contributed by atoms with Crippen LogP contribution in [0.2, 0.25) is 0 Å². The van der Waals surface area contributed by atoms with Gasteiger partial charge in [0.25, 0.3) is 0 Å². The quantitative estimate of drug-likeness (QED) is 0.630. The van der Waals surface area contributed by atoms with Crippen LogP contribution in [0.4, 0.5) is 0 Å². The van der Waals surface area contributed by atoms with Gasteiger partial charge in [-0.1, -0.05) is 6.07 Å². The molecule has 0 saturated heterocycles. The second-order valence-corrected chi connectivity index (χ2v) is 6.56. The van der Waals surface area contributed by atoms with E-state index in [0.717, 1.165) is 34.0 Å².